The van der Waals surface area contributed by atoms with Gasteiger partial charge in [0.25, 0.3) is 0 Å². The Morgan fingerprint density at radius 1 is 1.60 bits per heavy atom. The minimum Gasteiger partial charge on any atom is -0.330 e. The van der Waals surface area contributed by atoms with Crippen molar-refractivity contribution in [3.8, 4) is 0 Å². The van der Waals surface area contributed by atoms with Crippen molar-refractivity contribution < 1.29 is 9.31 Å². The molecule has 0 radical (unpaired) electrons. The summed E-state index contributed by atoms with van der Waals surface area (Å²) in [6.07, 6.45) is 0.733. The first-order valence-electron chi connectivity index (χ1n) is 4.70. The van der Waals surface area contributed by atoms with E-state index in [0.717, 1.165) is 12.0 Å². The molecule has 0 saturated heterocycles. The second kappa shape index (κ2) is 4.84. The molecule has 1 aromatic carbocycles. The molecule has 0 aliphatic rings. The van der Waals surface area contributed by atoms with Crippen molar-refractivity contribution in [2.75, 3.05) is 6.54 Å². The molecule has 0 heterocycles. The number of nitrogens with two attached hydrogens (primary N) is 1. The minimum atomic E-state index is -0.790. The van der Waals surface area contributed by atoms with E-state index in [9.17, 15) is 14.5 Å². The molecule has 0 saturated carbocycles. The molecule has 4 nitrogen and oxygen atoms in total. The van der Waals surface area contributed by atoms with Gasteiger partial charge in [-0.15, -0.1) is 0 Å². The molecular weight excluding hydrogens is 199 g/mol. The summed E-state index contributed by atoms with van der Waals surface area (Å²) in [6, 6.07) is 3.97. The van der Waals surface area contributed by atoms with E-state index < -0.39 is 16.4 Å². The van der Waals surface area contributed by atoms with Crippen LogP contribution in [0.3, 0.4) is 0 Å². The van der Waals surface area contributed by atoms with Crippen LogP contribution in [0.15, 0.2) is 18.2 Å². The molecule has 1 aromatic rings. The first kappa shape index (κ1) is 11.6. The van der Waals surface area contributed by atoms with Crippen LogP contribution < -0.4 is 5.73 Å². The molecule has 2 N–H and O–H groups in total. The zero-order valence-corrected chi connectivity index (χ0v) is 8.44. The average molecular weight is 212 g/mol. The van der Waals surface area contributed by atoms with Gasteiger partial charge in [0.2, 0.25) is 5.82 Å². The molecule has 0 aromatic heterocycles. The standard InChI is InChI=1S/C10H13FN2O2/c1-7(4-5-12)8-2-3-10(13(14)15)9(11)6-8/h2-3,6-7H,4-5,12H2,1H3. The lowest BCUT2D eigenvalue weighted by Crippen LogP contribution is -2.05. The Kier molecular flexibility index (Phi) is 3.74. The third-order valence-corrected chi connectivity index (χ3v) is 2.34. The van der Waals surface area contributed by atoms with Crippen molar-refractivity contribution in [3.05, 3.63) is 39.7 Å². The Hall–Kier alpha value is -1.49. The van der Waals surface area contributed by atoms with E-state index in [2.05, 4.69) is 0 Å². The van der Waals surface area contributed by atoms with E-state index in [4.69, 9.17) is 5.73 Å². The highest BCUT2D eigenvalue weighted by molar-refractivity contribution is 5.36. The number of nitro groups is 1. The lowest BCUT2D eigenvalue weighted by atomic mass is 9.97. The van der Waals surface area contributed by atoms with Crippen LogP contribution in [0.25, 0.3) is 0 Å². The van der Waals surface area contributed by atoms with Crippen molar-refractivity contribution in [1.29, 1.82) is 0 Å². The van der Waals surface area contributed by atoms with Crippen LogP contribution in [0.2, 0.25) is 0 Å². The van der Waals surface area contributed by atoms with Crippen molar-refractivity contribution in [2.24, 2.45) is 5.73 Å². The molecule has 1 unspecified atom stereocenters. The quantitative estimate of drug-likeness (QED) is 0.614. The van der Waals surface area contributed by atoms with Crippen LogP contribution in [0.4, 0.5) is 10.1 Å². The monoisotopic (exact) mass is 212 g/mol. The highest BCUT2D eigenvalue weighted by Crippen LogP contribution is 2.24. The minimum absolute atomic E-state index is 0.116. The number of rotatable bonds is 4. The molecule has 0 bridgehead atoms. The fourth-order valence-corrected chi connectivity index (χ4v) is 1.39. The number of benzene rings is 1. The van der Waals surface area contributed by atoms with Gasteiger partial charge in [0.1, 0.15) is 0 Å². The molecule has 82 valence electrons. The maximum atomic E-state index is 13.2. The normalized spacial score (nSPS) is 12.5. The number of nitrogens with zero attached hydrogens (tertiary/aromatic N) is 1. The summed E-state index contributed by atoms with van der Waals surface area (Å²) in [5.41, 5.74) is 5.63. The second-order valence-electron chi connectivity index (χ2n) is 3.45. The maximum Gasteiger partial charge on any atom is 0.304 e. The summed E-state index contributed by atoms with van der Waals surface area (Å²) in [7, 11) is 0. The third-order valence-electron chi connectivity index (χ3n) is 2.34. The fourth-order valence-electron chi connectivity index (χ4n) is 1.39. The highest BCUT2D eigenvalue weighted by atomic mass is 19.1. The van der Waals surface area contributed by atoms with E-state index in [1.54, 1.807) is 6.07 Å². The fraction of sp³-hybridized carbons (Fsp3) is 0.400. The molecule has 0 fully saturated rings. The van der Waals surface area contributed by atoms with Crippen molar-refractivity contribution in [3.63, 3.8) is 0 Å². The third kappa shape index (κ3) is 2.73. The summed E-state index contributed by atoms with van der Waals surface area (Å²) < 4.78 is 13.2. The van der Waals surface area contributed by atoms with Gasteiger partial charge in [-0.3, -0.25) is 10.1 Å². The zero-order chi connectivity index (χ0) is 11.4. The zero-order valence-electron chi connectivity index (χ0n) is 8.44. The van der Waals surface area contributed by atoms with Crippen LogP contribution in [0.5, 0.6) is 0 Å². The molecular formula is C10H13FN2O2. The smallest absolute Gasteiger partial charge is 0.304 e. The summed E-state index contributed by atoms with van der Waals surface area (Å²) in [5.74, 6) is -0.674. The van der Waals surface area contributed by atoms with E-state index in [1.165, 1.54) is 12.1 Å². The van der Waals surface area contributed by atoms with Crippen LogP contribution >= 0.6 is 0 Å². The van der Waals surface area contributed by atoms with Gasteiger partial charge in [-0.1, -0.05) is 13.0 Å². The molecule has 0 spiro atoms. The van der Waals surface area contributed by atoms with Crippen molar-refractivity contribution in [2.45, 2.75) is 19.3 Å². The van der Waals surface area contributed by atoms with E-state index in [0.29, 0.717) is 6.54 Å². The van der Waals surface area contributed by atoms with Gasteiger partial charge in [0.15, 0.2) is 0 Å². The van der Waals surface area contributed by atoms with E-state index in [1.807, 2.05) is 6.92 Å². The number of nitro benzene ring substituents is 1. The van der Waals surface area contributed by atoms with Gasteiger partial charge in [-0.2, -0.15) is 4.39 Å². The first-order chi connectivity index (χ1) is 7.06. The summed E-state index contributed by atoms with van der Waals surface area (Å²) in [4.78, 5) is 9.64. The predicted octanol–water partition coefficient (Wildman–Crippen LogP) is 2.19. The molecule has 15 heavy (non-hydrogen) atoms. The Morgan fingerprint density at radius 3 is 2.73 bits per heavy atom. The SMILES string of the molecule is CC(CCN)c1ccc([N+](=O)[O-])c(F)c1. The van der Waals surface area contributed by atoms with Crippen LogP contribution in [-0.2, 0) is 0 Å². The molecule has 1 rings (SSSR count). The Bertz CT molecular complexity index is 368. The molecule has 1 atom stereocenters. The second-order valence-corrected chi connectivity index (χ2v) is 3.45. The summed E-state index contributed by atoms with van der Waals surface area (Å²) in [5, 5.41) is 10.4. The van der Waals surface area contributed by atoms with Gasteiger partial charge in [0.05, 0.1) is 4.92 Å². The van der Waals surface area contributed by atoms with Crippen LogP contribution in [-0.4, -0.2) is 11.5 Å². The van der Waals surface area contributed by atoms with Gasteiger partial charge in [0, 0.05) is 6.07 Å². The molecule has 0 aliphatic heterocycles. The van der Waals surface area contributed by atoms with E-state index in [-0.39, 0.29) is 5.92 Å². The molecule has 5 heteroatoms. The molecule has 0 aliphatic carbocycles. The Morgan fingerprint density at radius 2 is 2.27 bits per heavy atom. The molecule has 0 amide bonds. The van der Waals surface area contributed by atoms with Crippen LogP contribution in [0.1, 0.15) is 24.8 Å². The van der Waals surface area contributed by atoms with E-state index >= 15 is 0 Å². The number of hydrogen-bond donors (Lipinski definition) is 1. The average Bonchev–Trinajstić information content (AvgIpc) is 2.17. The van der Waals surface area contributed by atoms with Gasteiger partial charge >= 0.3 is 5.69 Å². The Labute approximate surface area is 87.0 Å². The topological polar surface area (TPSA) is 69.2 Å². The van der Waals surface area contributed by atoms with Gasteiger partial charge < -0.3 is 5.73 Å². The van der Waals surface area contributed by atoms with Gasteiger partial charge in [-0.05, 0) is 30.5 Å². The lowest BCUT2D eigenvalue weighted by molar-refractivity contribution is -0.387. The number of hydrogen-bond acceptors (Lipinski definition) is 3. The maximum absolute atomic E-state index is 13.2. The van der Waals surface area contributed by atoms with Crippen molar-refractivity contribution in [1.82, 2.24) is 0 Å². The largest absolute Gasteiger partial charge is 0.330 e. The summed E-state index contributed by atoms with van der Waals surface area (Å²) in [6.45, 7) is 2.42. The summed E-state index contributed by atoms with van der Waals surface area (Å²) >= 11 is 0. The van der Waals surface area contributed by atoms with Gasteiger partial charge in [-0.25, -0.2) is 0 Å². The van der Waals surface area contributed by atoms with Crippen molar-refractivity contribution >= 4 is 5.69 Å². The Balaban J connectivity index is 2.96. The highest BCUT2D eigenvalue weighted by Gasteiger charge is 2.15. The lowest BCUT2D eigenvalue weighted by Gasteiger charge is -2.09. The number of halogens is 1. The first-order valence-corrected chi connectivity index (χ1v) is 4.70. The predicted molar refractivity (Wildman–Crippen MR) is 55.1 cm³/mol. The van der Waals surface area contributed by atoms with Crippen LogP contribution in [0, 0.1) is 15.9 Å².